The molecular weight excluding hydrogens is 486 g/mol. The molecule has 0 aliphatic rings. The van der Waals surface area contributed by atoms with Crippen molar-refractivity contribution in [1.29, 1.82) is 0 Å². The van der Waals surface area contributed by atoms with Gasteiger partial charge in [-0.3, -0.25) is 14.9 Å². The minimum Gasteiger partial charge on any atom is -0.483 e. The van der Waals surface area contributed by atoms with E-state index in [1.54, 1.807) is 18.2 Å². The van der Waals surface area contributed by atoms with E-state index >= 15 is 0 Å². The van der Waals surface area contributed by atoms with E-state index in [4.69, 9.17) is 21.4 Å². The number of benzene rings is 3. The zero-order valence-corrected chi connectivity index (χ0v) is 22.0. The molecule has 0 unspecified atom stereocenters. The average molecular weight is 516 g/mol. The van der Waals surface area contributed by atoms with Crippen LogP contribution in [0.2, 0.25) is 0 Å². The Hall–Kier alpha value is -4.17. The highest BCUT2D eigenvalue weighted by Crippen LogP contribution is 2.27. The van der Waals surface area contributed by atoms with Crippen molar-refractivity contribution < 1.29 is 18.7 Å². The minimum atomic E-state index is -0.361. The van der Waals surface area contributed by atoms with Gasteiger partial charge in [-0.15, -0.1) is 0 Å². The van der Waals surface area contributed by atoms with Gasteiger partial charge in [0.05, 0.1) is 0 Å². The number of fused-ring (bicyclic) bond motifs is 1. The van der Waals surface area contributed by atoms with Crippen LogP contribution in [0.3, 0.4) is 0 Å². The van der Waals surface area contributed by atoms with Gasteiger partial charge in [0.1, 0.15) is 11.3 Å². The smallest absolute Gasteiger partial charge is 0.291 e. The summed E-state index contributed by atoms with van der Waals surface area (Å²) in [6.07, 6.45) is 0. The number of amides is 2. The first-order valence-electron chi connectivity index (χ1n) is 11.9. The van der Waals surface area contributed by atoms with Gasteiger partial charge in [-0.2, -0.15) is 0 Å². The fourth-order valence-electron chi connectivity index (χ4n) is 3.87. The largest absolute Gasteiger partial charge is 0.483 e. The molecule has 4 rings (SSSR count). The Bertz CT molecular complexity index is 1440. The fraction of sp³-hybridized carbons (Fsp3) is 0.207. The molecule has 3 N–H and O–H groups in total. The van der Waals surface area contributed by atoms with Crippen molar-refractivity contribution in [2.75, 3.05) is 17.2 Å². The Morgan fingerprint density at radius 3 is 2.49 bits per heavy atom. The van der Waals surface area contributed by atoms with Gasteiger partial charge in [-0.1, -0.05) is 44.2 Å². The number of ether oxygens (including phenoxy) is 1. The summed E-state index contributed by atoms with van der Waals surface area (Å²) in [4.78, 5) is 25.1. The Morgan fingerprint density at radius 2 is 1.76 bits per heavy atom. The van der Waals surface area contributed by atoms with Crippen LogP contribution in [-0.2, 0) is 4.79 Å². The Morgan fingerprint density at radius 1 is 0.973 bits per heavy atom. The minimum absolute atomic E-state index is 0.153. The quantitative estimate of drug-likeness (QED) is 0.250. The molecule has 8 heteroatoms. The summed E-state index contributed by atoms with van der Waals surface area (Å²) >= 11 is 5.29. The number of rotatable bonds is 7. The first kappa shape index (κ1) is 25.9. The zero-order chi connectivity index (χ0) is 26.5. The molecule has 0 spiro atoms. The van der Waals surface area contributed by atoms with Crippen molar-refractivity contribution in [3.8, 4) is 5.75 Å². The molecule has 3 aromatic carbocycles. The van der Waals surface area contributed by atoms with Crippen LogP contribution in [0, 0.1) is 13.8 Å². The van der Waals surface area contributed by atoms with Crippen LogP contribution in [0.15, 0.2) is 71.1 Å². The summed E-state index contributed by atoms with van der Waals surface area (Å²) in [6, 6.07) is 20.5. The average Bonchev–Trinajstić information content (AvgIpc) is 3.29. The summed E-state index contributed by atoms with van der Waals surface area (Å²) in [7, 11) is 0. The van der Waals surface area contributed by atoms with E-state index in [1.165, 1.54) is 0 Å². The number of hydrogen-bond donors (Lipinski definition) is 3. The maximum atomic E-state index is 12.7. The number of nitrogens with one attached hydrogen (secondary N) is 3. The van der Waals surface area contributed by atoms with Crippen LogP contribution in [0.5, 0.6) is 5.75 Å². The van der Waals surface area contributed by atoms with Crippen LogP contribution in [0.25, 0.3) is 11.0 Å². The monoisotopic (exact) mass is 515 g/mol. The number of carbonyl (C=O) groups is 2. The Balaban J connectivity index is 1.31. The van der Waals surface area contributed by atoms with E-state index in [9.17, 15) is 9.59 Å². The molecule has 1 heterocycles. The fourth-order valence-corrected chi connectivity index (χ4v) is 4.10. The normalized spacial score (nSPS) is 10.8. The number of aryl methyl sites for hydroxylation is 2. The SMILES string of the molecule is Cc1ccc(C(C)C)c(OCC(=O)NC(=S)Nc2ccc(NC(=O)c3cc4ccccc4o3)c(C)c2)c1. The lowest BCUT2D eigenvalue weighted by Gasteiger charge is -2.15. The molecule has 7 nitrogen and oxygen atoms in total. The Kier molecular flexibility index (Phi) is 7.89. The lowest BCUT2D eigenvalue weighted by atomic mass is 10.0. The second-order valence-electron chi connectivity index (χ2n) is 9.12. The van der Waals surface area contributed by atoms with Crippen molar-refractivity contribution in [1.82, 2.24) is 5.32 Å². The summed E-state index contributed by atoms with van der Waals surface area (Å²) in [5.74, 6) is 0.508. The summed E-state index contributed by atoms with van der Waals surface area (Å²) < 4.78 is 11.4. The second kappa shape index (κ2) is 11.3. The van der Waals surface area contributed by atoms with Crippen molar-refractivity contribution in [3.05, 3.63) is 89.2 Å². The summed E-state index contributed by atoms with van der Waals surface area (Å²) in [5.41, 5.74) is 4.88. The molecule has 0 fully saturated rings. The topological polar surface area (TPSA) is 92.6 Å². The summed E-state index contributed by atoms with van der Waals surface area (Å²) in [5, 5.41) is 9.52. The third kappa shape index (κ3) is 6.54. The first-order valence-corrected chi connectivity index (χ1v) is 12.3. The molecule has 0 aliphatic heterocycles. The third-order valence-corrected chi connectivity index (χ3v) is 5.99. The van der Waals surface area contributed by atoms with Gasteiger partial charge in [-0.05, 0) is 85.1 Å². The van der Waals surface area contributed by atoms with Gasteiger partial charge in [0.25, 0.3) is 11.8 Å². The highest BCUT2D eigenvalue weighted by molar-refractivity contribution is 7.80. The standard InChI is InChI=1S/C29H29N3O4S/c1-17(2)22-11-9-18(3)13-25(22)35-16-27(33)32-29(37)30-21-10-12-23(19(4)14-21)31-28(34)26-15-20-7-5-6-8-24(20)36-26/h5-15,17H,16H2,1-4H3,(H,31,34)(H2,30,32,33,37). The van der Waals surface area contributed by atoms with E-state index in [1.807, 2.05) is 62.4 Å². The van der Waals surface area contributed by atoms with E-state index in [2.05, 4.69) is 29.8 Å². The lowest BCUT2D eigenvalue weighted by Crippen LogP contribution is -2.37. The van der Waals surface area contributed by atoms with Crippen molar-refractivity contribution in [2.24, 2.45) is 0 Å². The van der Waals surface area contributed by atoms with Gasteiger partial charge in [-0.25, -0.2) is 0 Å². The van der Waals surface area contributed by atoms with Crippen LogP contribution >= 0.6 is 12.2 Å². The van der Waals surface area contributed by atoms with E-state index < -0.39 is 0 Å². The molecule has 4 aromatic rings. The maximum Gasteiger partial charge on any atom is 0.291 e. The molecular formula is C29H29N3O4S. The van der Waals surface area contributed by atoms with Crippen LogP contribution in [0.1, 0.15) is 47.0 Å². The van der Waals surface area contributed by atoms with Gasteiger partial charge >= 0.3 is 0 Å². The van der Waals surface area contributed by atoms with E-state index in [0.29, 0.717) is 22.7 Å². The molecule has 0 atom stereocenters. The Labute approximate surface area is 221 Å². The molecule has 1 aromatic heterocycles. The second-order valence-corrected chi connectivity index (χ2v) is 9.53. The summed E-state index contributed by atoms with van der Waals surface area (Å²) in [6.45, 7) is 7.84. The molecule has 37 heavy (non-hydrogen) atoms. The molecule has 0 saturated carbocycles. The molecule has 0 saturated heterocycles. The number of furan rings is 1. The number of para-hydroxylation sites is 1. The predicted molar refractivity (Wildman–Crippen MR) is 150 cm³/mol. The number of thiocarbonyl (C=S) groups is 1. The number of anilines is 2. The molecule has 0 bridgehead atoms. The van der Waals surface area contributed by atoms with E-state index in [-0.39, 0.29) is 35.2 Å². The highest BCUT2D eigenvalue weighted by atomic mass is 32.1. The van der Waals surface area contributed by atoms with Gasteiger partial charge in [0, 0.05) is 16.8 Å². The van der Waals surface area contributed by atoms with Crippen LogP contribution in [-0.4, -0.2) is 23.5 Å². The maximum absolute atomic E-state index is 12.7. The van der Waals surface area contributed by atoms with Gasteiger partial charge in [0.2, 0.25) is 0 Å². The molecule has 0 radical (unpaired) electrons. The number of hydrogen-bond acceptors (Lipinski definition) is 5. The highest BCUT2D eigenvalue weighted by Gasteiger charge is 2.14. The third-order valence-electron chi connectivity index (χ3n) is 5.78. The van der Waals surface area contributed by atoms with Crippen molar-refractivity contribution in [2.45, 2.75) is 33.6 Å². The molecule has 2 amide bonds. The van der Waals surface area contributed by atoms with Gasteiger partial charge < -0.3 is 19.8 Å². The molecule has 0 aliphatic carbocycles. The van der Waals surface area contributed by atoms with Gasteiger partial charge in [0.15, 0.2) is 17.5 Å². The van der Waals surface area contributed by atoms with Crippen molar-refractivity contribution >= 4 is 51.5 Å². The lowest BCUT2D eigenvalue weighted by molar-refractivity contribution is -0.121. The molecule has 190 valence electrons. The zero-order valence-electron chi connectivity index (χ0n) is 21.2. The van der Waals surface area contributed by atoms with Crippen LogP contribution < -0.4 is 20.7 Å². The van der Waals surface area contributed by atoms with E-state index in [0.717, 1.165) is 22.1 Å². The predicted octanol–water partition coefficient (Wildman–Crippen LogP) is 6.32. The van der Waals surface area contributed by atoms with Crippen LogP contribution in [0.4, 0.5) is 11.4 Å². The first-order chi connectivity index (χ1) is 17.7. The van der Waals surface area contributed by atoms with Crippen molar-refractivity contribution in [3.63, 3.8) is 0 Å². The number of carbonyl (C=O) groups excluding carboxylic acids is 2.